The first kappa shape index (κ1) is 14.3. The minimum atomic E-state index is 0.174. The predicted octanol–water partition coefficient (Wildman–Crippen LogP) is 2.66. The van der Waals surface area contributed by atoms with Crippen LogP contribution in [0.5, 0.6) is 5.75 Å². The lowest BCUT2D eigenvalue weighted by Crippen LogP contribution is -2.27. The monoisotopic (exact) mass is 247 g/mol. The van der Waals surface area contributed by atoms with Crippen molar-refractivity contribution in [3.8, 4) is 5.75 Å². The number of amides is 1. The number of hydrogen-bond donors (Lipinski definition) is 0. The van der Waals surface area contributed by atoms with Crippen LogP contribution in [0.1, 0.15) is 18.4 Å². The maximum absolute atomic E-state index is 11.8. The van der Waals surface area contributed by atoms with Crippen LogP contribution in [0.4, 0.5) is 0 Å². The van der Waals surface area contributed by atoms with Gasteiger partial charge in [-0.25, -0.2) is 0 Å². The van der Waals surface area contributed by atoms with Gasteiger partial charge in [0.05, 0.1) is 7.11 Å². The van der Waals surface area contributed by atoms with E-state index in [1.807, 2.05) is 37.4 Å². The van der Waals surface area contributed by atoms with Crippen LogP contribution in [0.25, 0.3) is 0 Å². The molecule has 0 atom stereocenters. The van der Waals surface area contributed by atoms with Gasteiger partial charge in [-0.05, 0) is 30.5 Å². The summed E-state index contributed by atoms with van der Waals surface area (Å²) in [5, 5.41) is 0. The highest BCUT2D eigenvalue weighted by Crippen LogP contribution is 2.12. The number of hydrogen-bond acceptors (Lipinski definition) is 2. The molecule has 0 aliphatic carbocycles. The number of ether oxygens (including phenoxy) is 1. The van der Waals surface area contributed by atoms with Crippen LogP contribution in [0, 0.1) is 0 Å². The van der Waals surface area contributed by atoms with E-state index in [4.69, 9.17) is 4.74 Å². The number of nitrogens with zero attached hydrogens (tertiary/aromatic N) is 1. The summed E-state index contributed by atoms with van der Waals surface area (Å²) in [6, 6.07) is 7.83. The fourth-order valence-electron chi connectivity index (χ4n) is 1.64. The zero-order valence-electron chi connectivity index (χ0n) is 11.2. The van der Waals surface area contributed by atoms with Crippen LogP contribution in [0.3, 0.4) is 0 Å². The number of methoxy groups -OCH3 is 1. The summed E-state index contributed by atoms with van der Waals surface area (Å²) in [5.41, 5.74) is 1.15. The Morgan fingerprint density at radius 1 is 1.39 bits per heavy atom. The van der Waals surface area contributed by atoms with Crippen LogP contribution in [0.2, 0.25) is 0 Å². The zero-order valence-corrected chi connectivity index (χ0v) is 11.2. The lowest BCUT2D eigenvalue weighted by molar-refractivity contribution is -0.129. The molecule has 0 saturated carbocycles. The molecule has 0 N–H and O–H groups in total. The molecule has 1 aromatic rings. The fourth-order valence-corrected chi connectivity index (χ4v) is 1.64. The van der Waals surface area contributed by atoms with Gasteiger partial charge in [0.1, 0.15) is 5.75 Å². The molecule has 3 nitrogen and oxygen atoms in total. The normalized spacial score (nSPS) is 9.89. The van der Waals surface area contributed by atoms with Crippen LogP contribution < -0.4 is 4.74 Å². The van der Waals surface area contributed by atoms with Crippen LogP contribution >= 0.6 is 0 Å². The first-order chi connectivity index (χ1) is 8.67. The van der Waals surface area contributed by atoms with Gasteiger partial charge < -0.3 is 9.64 Å². The third kappa shape index (κ3) is 4.62. The van der Waals surface area contributed by atoms with E-state index < -0.39 is 0 Å². The van der Waals surface area contributed by atoms with E-state index in [0.717, 1.165) is 30.7 Å². The molecule has 0 aliphatic rings. The molecule has 0 unspecified atom stereocenters. The summed E-state index contributed by atoms with van der Waals surface area (Å²) < 4.78 is 5.09. The van der Waals surface area contributed by atoms with E-state index in [2.05, 4.69) is 6.58 Å². The Kier molecular flexibility index (Phi) is 5.98. The van der Waals surface area contributed by atoms with Crippen molar-refractivity contribution in [1.82, 2.24) is 4.90 Å². The van der Waals surface area contributed by atoms with Crippen LogP contribution in [-0.2, 0) is 11.2 Å². The van der Waals surface area contributed by atoms with Gasteiger partial charge in [0.15, 0.2) is 0 Å². The molecule has 0 radical (unpaired) electrons. The second kappa shape index (κ2) is 7.54. The molecule has 0 bridgehead atoms. The summed E-state index contributed by atoms with van der Waals surface area (Å²) in [6.45, 7) is 4.39. The maximum Gasteiger partial charge on any atom is 0.222 e. The molecule has 1 aromatic carbocycles. The molecule has 0 aromatic heterocycles. The molecule has 3 heteroatoms. The molecular weight excluding hydrogens is 226 g/mol. The fraction of sp³-hybridized carbons (Fsp3) is 0.400. The van der Waals surface area contributed by atoms with Gasteiger partial charge in [-0.1, -0.05) is 18.2 Å². The van der Waals surface area contributed by atoms with Gasteiger partial charge in [-0.15, -0.1) is 6.58 Å². The van der Waals surface area contributed by atoms with E-state index in [-0.39, 0.29) is 5.91 Å². The molecule has 1 rings (SSSR count). The highest BCUT2D eigenvalue weighted by molar-refractivity contribution is 5.76. The van der Waals surface area contributed by atoms with E-state index in [1.54, 1.807) is 12.0 Å². The summed E-state index contributed by atoms with van der Waals surface area (Å²) in [5.74, 6) is 1.01. The van der Waals surface area contributed by atoms with Crippen molar-refractivity contribution < 1.29 is 9.53 Å². The Labute approximate surface area is 109 Å². The Balaban J connectivity index is 2.39. The molecule has 0 fully saturated rings. The molecule has 18 heavy (non-hydrogen) atoms. The van der Waals surface area contributed by atoms with Gasteiger partial charge >= 0.3 is 0 Å². The Morgan fingerprint density at radius 3 is 2.61 bits per heavy atom. The molecular formula is C15H21NO2. The summed E-state index contributed by atoms with van der Waals surface area (Å²) in [7, 11) is 3.48. The van der Waals surface area contributed by atoms with Crippen molar-refractivity contribution in [3.05, 3.63) is 42.5 Å². The Morgan fingerprint density at radius 2 is 2.06 bits per heavy atom. The maximum atomic E-state index is 11.8. The minimum absolute atomic E-state index is 0.174. The van der Waals surface area contributed by atoms with E-state index in [9.17, 15) is 4.79 Å². The number of aryl methyl sites for hydroxylation is 1. The summed E-state index contributed by atoms with van der Waals surface area (Å²) >= 11 is 0. The summed E-state index contributed by atoms with van der Waals surface area (Å²) in [6.07, 6.45) is 3.97. The quantitative estimate of drug-likeness (QED) is 0.693. The third-order valence-corrected chi connectivity index (χ3v) is 2.88. The van der Waals surface area contributed by atoms with Crippen molar-refractivity contribution >= 4 is 5.91 Å². The molecule has 98 valence electrons. The van der Waals surface area contributed by atoms with E-state index in [0.29, 0.717) is 6.42 Å². The minimum Gasteiger partial charge on any atom is -0.497 e. The number of rotatable bonds is 7. The third-order valence-electron chi connectivity index (χ3n) is 2.88. The average Bonchev–Trinajstić information content (AvgIpc) is 2.42. The van der Waals surface area contributed by atoms with Gasteiger partial charge in [0.25, 0.3) is 0 Å². The van der Waals surface area contributed by atoms with Crippen molar-refractivity contribution in [2.45, 2.75) is 19.3 Å². The van der Waals surface area contributed by atoms with Crippen molar-refractivity contribution in [3.63, 3.8) is 0 Å². The zero-order chi connectivity index (χ0) is 13.4. The molecule has 1 amide bonds. The average molecular weight is 247 g/mol. The first-order valence-corrected chi connectivity index (χ1v) is 6.15. The number of carbonyl (C=O) groups is 1. The lowest BCUT2D eigenvalue weighted by atomic mass is 10.1. The van der Waals surface area contributed by atoms with Crippen LogP contribution in [0.15, 0.2) is 36.9 Å². The standard InChI is InChI=1S/C15H21NO2/c1-4-5-12-16(2)15(17)11-8-13-6-9-14(18-3)10-7-13/h4,6-7,9-10H,1,5,8,11-12H2,2-3H3. The second-order valence-corrected chi connectivity index (χ2v) is 4.24. The van der Waals surface area contributed by atoms with Crippen molar-refractivity contribution in [2.75, 3.05) is 20.7 Å². The molecule has 0 heterocycles. The van der Waals surface area contributed by atoms with E-state index >= 15 is 0 Å². The largest absolute Gasteiger partial charge is 0.497 e. The van der Waals surface area contributed by atoms with Gasteiger partial charge in [-0.3, -0.25) is 4.79 Å². The van der Waals surface area contributed by atoms with Crippen molar-refractivity contribution in [1.29, 1.82) is 0 Å². The lowest BCUT2D eigenvalue weighted by Gasteiger charge is -2.16. The molecule has 0 saturated heterocycles. The SMILES string of the molecule is C=CCCN(C)C(=O)CCc1ccc(OC)cc1. The molecule has 0 aliphatic heterocycles. The Hall–Kier alpha value is -1.77. The summed E-state index contributed by atoms with van der Waals surface area (Å²) in [4.78, 5) is 13.6. The number of benzene rings is 1. The highest BCUT2D eigenvalue weighted by Gasteiger charge is 2.07. The smallest absolute Gasteiger partial charge is 0.222 e. The van der Waals surface area contributed by atoms with Crippen LogP contribution in [-0.4, -0.2) is 31.5 Å². The second-order valence-electron chi connectivity index (χ2n) is 4.24. The van der Waals surface area contributed by atoms with Gasteiger partial charge in [0, 0.05) is 20.0 Å². The van der Waals surface area contributed by atoms with E-state index in [1.165, 1.54) is 0 Å². The number of carbonyl (C=O) groups excluding carboxylic acids is 1. The topological polar surface area (TPSA) is 29.5 Å². The molecule has 0 spiro atoms. The first-order valence-electron chi connectivity index (χ1n) is 6.15. The highest BCUT2D eigenvalue weighted by atomic mass is 16.5. The predicted molar refractivity (Wildman–Crippen MR) is 73.8 cm³/mol. The van der Waals surface area contributed by atoms with Gasteiger partial charge in [0.2, 0.25) is 5.91 Å². The van der Waals surface area contributed by atoms with Gasteiger partial charge in [-0.2, -0.15) is 0 Å². The van der Waals surface area contributed by atoms with Crippen molar-refractivity contribution in [2.24, 2.45) is 0 Å². The Bertz CT molecular complexity index is 384.